The lowest BCUT2D eigenvalue weighted by molar-refractivity contribution is 0.147. The summed E-state index contributed by atoms with van der Waals surface area (Å²) in [6.45, 7) is 5.19. The zero-order valence-corrected chi connectivity index (χ0v) is 10.8. The van der Waals surface area contributed by atoms with Gasteiger partial charge in [-0.25, -0.2) is 4.39 Å². The van der Waals surface area contributed by atoms with Gasteiger partial charge in [0.05, 0.1) is 6.04 Å². The third-order valence-electron chi connectivity index (χ3n) is 3.34. The van der Waals surface area contributed by atoms with E-state index in [1.54, 1.807) is 0 Å². The van der Waals surface area contributed by atoms with E-state index in [2.05, 4.69) is 10.2 Å². The molecule has 1 saturated heterocycles. The zero-order chi connectivity index (χ0) is 12.3. The molecule has 1 aliphatic heterocycles. The normalized spacial score (nSPS) is 19.2. The van der Waals surface area contributed by atoms with Gasteiger partial charge in [0.1, 0.15) is 6.67 Å². The molecule has 0 radical (unpaired) electrons. The van der Waals surface area contributed by atoms with Crippen molar-refractivity contribution in [2.24, 2.45) is 0 Å². The zero-order valence-electron chi connectivity index (χ0n) is 10.0. The standard InChI is InChI=1S/C13H18ClFN2/c1-10-3-2-4-11(14)13(10)12(9-15)17-7-5-16-6-8-17/h2-4,12,16H,5-9H2,1H3/t12-/m0/s1. The van der Waals surface area contributed by atoms with E-state index in [0.29, 0.717) is 5.02 Å². The number of halogens is 2. The molecule has 94 valence electrons. The first-order valence-corrected chi connectivity index (χ1v) is 6.37. The van der Waals surface area contributed by atoms with Gasteiger partial charge in [-0.1, -0.05) is 23.7 Å². The Kier molecular flexibility index (Phi) is 4.37. The molecule has 1 atom stereocenters. The van der Waals surface area contributed by atoms with Crippen LogP contribution in [-0.2, 0) is 0 Å². The highest BCUT2D eigenvalue weighted by molar-refractivity contribution is 6.31. The molecule has 0 spiro atoms. The van der Waals surface area contributed by atoms with Crippen molar-refractivity contribution < 1.29 is 4.39 Å². The van der Waals surface area contributed by atoms with Crippen molar-refractivity contribution in [3.8, 4) is 0 Å². The minimum Gasteiger partial charge on any atom is -0.314 e. The summed E-state index contributed by atoms with van der Waals surface area (Å²) in [4.78, 5) is 2.17. The lowest BCUT2D eigenvalue weighted by Crippen LogP contribution is -2.45. The molecule has 0 bridgehead atoms. The molecule has 1 aromatic carbocycles. The number of alkyl halides is 1. The molecule has 17 heavy (non-hydrogen) atoms. The van der Waals surface area contributed by atoms with Gasteiger partial charge in [-0.05, 0) is 24.1 Å². The Morgan fingerprint density at radius 2 is 2.12 bits per heavy atom. The Hall–Kier alpha value is -0.640. The third-order valence-corrected chi connectivity index (χ3v) is 3.67. The fourth-order valence-electron chi connectivity index (χ4n) is 2.42. The van der Waals surface area contributed by atoms with E-state index in [4.69, 9.17) is 11.6 Å². The largest absolute Gasteiger partial charge is 0.314 e. The maximum absolute atomic E-state index is 13.4. The lowest BCUT2D eigenvalue weighted by atomic mass is 10.00. The second-order valence-corrected chi connectivity index (χ2v) is 4.83. The van der Waals surface area contributed by atoms with Gasteiger partial charge in [0, 0.05) is 31.2 Å². The SMILES string of the molecule is Cc1cccc(Cl)c1[C@H](CF)N1CCNCC1. The molecule has 1 aromatic rings. The first kappa shape index (κ1) is 12.8. The topological polar surface area (TPSA) is 15.3 Å². The van der Waals surface area contributed by atoms with E-state index < -0.39 is 0 Å². The molecule has 0 saturated carbocycles. The van der Waals surface area contributed by atoms with E-state index in [1.165, 1.54) is 0 Å². The van der Waals surface area contributed by atoms with Gasteiger partial charge < -0.3 is 5.32 Å². The molecule has 2 rings (SSSR count). The summed E-state index contributed by atoms with van der Waals surface area (Å²) in [6, 6.07) is 5.54. The van der Waals surface area contributed by atoms with E-state index >= 15 is 0 Å². The summed E-state index contributed by atoms with van der Waals surface area (Å²) < 4.78 is 13.4. The van der Waals surface area contributed by atoms with E-state index in [1.807, 2.05) is 25.1 Å². The van der Waals surface area contributed by atoms with Crippen LogP contribution in [0.3, 0.4) is 0 Å². The Morgan fingerprint density at radius 1 is 1.41 bits per heavy atom. The Morgan fingerprint density at radius 3 is 2.71 bits per heavy atom. The predicted octanol–water partition coefficient (Wildman–Crippen LogP) is 2.56. The summed E-state index contributed by atoms with van der Waals surface area (Å²) in [7, 11) is 0. The van der Waals surface area contributed by atoms with E-state index in [0.717, 1.165) is 37.3 Å². The van der Waals surface area contributed by atoms with Gasteiger partial charge in [0.25, 0.3) is 0 Å². The number of piperazine rings is 1. The molecule has 1 heterocycles. The number of hydrogen-bond donors (Lipinski definition) is 1. The van der Waals surface area contributed by atoms with Crippen LogP contribution in [-0.4, -0.2) is 37.8 Å². The molecule has 0 aliphatic carbocycles. The highest BCUT2D eigenvalue weighted by atomic mass is 35.5. The first-order valence-electron chi connectivity index (χ1n) is 5.99. The van der Waals surface area contributed by atoms with Crippen LogP contribution in [0.1, 0.15) is 17.2 Å². The van der Waals surface area contributed by atoms with Crippen LogP contribution in [0.2, 0.25) is 5.02 Å². The molecule has 0 unspecified atom stereocenters. The quantitative estimate of drug-likeness (QED) is 0.894. The van der Waals surface area contributed by atoms with Crippen molar-refractivity contribution in [3.63, 3.8) is 0 Å². The van der Waals surface area contributed by atoms with Crippen LogP contribution in [0.15, 0.2) is 18.2 Å². The van der Waals surface area contributed by atoms with Crippen LogP contribution in [0.4, 0.5) is 4.39 Å². The minimum absolute atomic E-state index is 0.203. The average Bonchev–Trinajstić information content (AvgIpc) is 2.35. The Bertz CT molecular complexity index is 357. The Balaban J connectivity index is 2.27. The van der Waals surface area contributed by atoms with Gasteiger partial charge in [-0.15, -0.1) is 0 Å². The molecule has 0 aromatic heterocycles. The first-order chi connectivity index (χ1) is 8.24. The molecule has 1 aliphatic rings. The number of nitrogens with one attached hydrogen (secondary N) is 1. The van der Waals surface area contributed by atoms with Gasteiger partial charge >= 0.3 is 0 Å². The van der Waals surface area contributed by atoms with Crippen LogP contribution >= 0.6 is 11.6 Å². The van der Waals surface area contributed by atoms with Crippen molar-refractivity contribution in [1.29, 1.82) is 0 Å². The summed E-state index contributed by atoms with van der Waals surface area (Å²) in [6.07, 6.45) is 0. The fraction of sp³-hybridized carbons (Fsp3) is 0.538. The summed E-state index contributed by atoms with van der Waals surface area (Å²) in [5, 5.41) is 3.95. The smallest absolute Gasteiger partial charge is 0.109 e. The molecular formula is C13H18ClFN2. The predicted molar refractivity (Wildman–Crippen MR) is 69.3 cm³/mol. The number of benzene rings is 1. The second kappa shape index (κ2) is 5.80. The van der Waals surface area contributed by atoms with E-state index in [9.17, 15) is 4.39 Å². The molecule has 1 fully saturated rings. The molecule has 0 amide bonds. The molecule has 2 nitrogen and oxygen atoms in total. The highest BCUT2D eigenvalue weighted by Crippen LogP contribution is 2.31. The number of nitrogens with zero attached hydrogens (tertiary/aromatic N) is 1. The van der Waals surface area contributed by atoms with Crippen LogP contribution < -0.4 is 5.32 Å². The van der Waals surface area contributed by atoms with Gasteiger partial charge in [0.15, 0.2) is 0 Å². The van der Waals surface area contributed by atoms with Gasteiger partial charge in [-0.3, -0.25) is 4.90 Å². The van der Waals surface area contributed by atoms with Gasteiger partial charge in [0.2, 0.25) is 0 Å². The van der Waals surface area contributed by atoms with Crippen molar-refractivity contribution in [2.45, 2.75) is 13.0 Å². The monoisotopic (exact) mass is 256 g/mol. The summed E-state index contributed by atoms with van der Waals surface area (Å²) in [5.41, 5.74) is 2.01. The summed E-state index contributed by atoms with van der Waals surface area (Å²) in [5.74, 6) is 0. The van der Waals surface area contributed by atoms with Crippen LogP contribution in [0.5, 0.6) is 0 Å². The maximum Gasteiger partial charge on any atom is 0.109 e. The molecule has 1 N–H and O–H groups in total. The highest BCUT2D eigenvalue weighted by Gasteiger charge is 2.25. The molecular weight excluding hydrogens is 239 g/mol. The van der Waals surface area contributed by atoms with Gasteiger partial charge in [-0.2, -0.15) is 0 Å². The lowest BCUT2D eigenvalue weighted by Gasteiger charge is -2.34. The maximum atomic E-state index is 13.4. The number of rotatable bonds is 3. The molecule has 4 heteroatoms. The van der Waals surface area contributed by atoms with Crippen molar-refractivity contribution in [1.82, 2.24) is 10.2 Å². The van der Waals surface area contributed by atoms with Crippen molar-refractivity contribution in [2.75, 3.05) is 32.9 Å². The van der Waals surface area contributed by atoms with Crippen molar-refractivity contribution >= 4 is 11.6 Å². The van der Waals surface area contributed by atoms with E-state index in [-0.39, 0.29) is 12.7 Å². The van der Waals surface area contributed by atoms with Crippen LogP contribution in [0, 0.1) is 6.92 Å². The number of aryl methyl sites for hydroxylation is 1. The fourth-order valence-corrected chi connectivity index (χ4v) is 2.77. The van der Waals surface area contributed by atoms with Crippen LogP contribution in [0.25, 0.3) is 0 Å². The Labute approximate surface area is 107 Å². The summed E-state index contributed by atoms with van der Waals surface area (Å²) >= 11 is 6.21. The number of hydrogen-bond acceptors (Lipinski definition) is 2. The average molecular weight is 257 g/mol. The third kappa shape index (κ3) is 2.79. The second-order valence-electron chi connectivity index (χ2n) is 4.43. The minimum atomic E-state index is -0.384. The van der Waals surface area contributed by atoms with Crippen molar-refractivity contribution in [3.05, 3.63) is 34.3 Å².